The van der Waals surface area contributed by atoms with Crippen LogP contribution in [0.5, 0.6) is 0 Å². The third-order valence-corrected chi connectivity index (χ3v) is 4.62. The molecule has 1 atom stereocenters. The molecule has 2 aliphatic rings. The first-order valence-corrected chi connectivity index (χ1v) is 7.32. The van der Waals surface area contributed by atoms with Crippen LogP contribution in [0, 0.1) is 17.2 Å². The van der Waals surface area contributed by atoms with Crippen molar-refractivity contribution < 1.29 is 9.50 Å². The molecule has 1 unspecified atom stereocenters. The predicted octanol–water partition coefficient (Wildman–Crippen LogP) is 3.03. The van der Waals surface area contributed by atoms with E-state index >= 15 is 0 Å². The highest BCUT2D eigenvalue weighted by Gasteiger charge is 2.43. The summed E-state index contributed by atoms with van der Waals surface area (Å²) in [7, 11) is 0. The molecule has 0 bridgehead atoms. The molecule has 2 nitrogen and oxygen atoms in total. The van der Waals surface area contributed by atoms with E-state index in [-0.39, 0.29) is 12.4 Å². The largest absolute Gasteiger partial charge is 0.396 e. The van der Waals surface area contributed by atoms with Gasteiger partial charge in [-0.05, 0) is 61.1 Å². The summed E-state index contributed by atoms with van der Waals surface area (Å²) in [6.07, 6.45) is 5.88. The van der Waals surface area contributed by atoms with Crippen LogP contribution in [0.3, 0.4) is 0 Å². The Hall–Kier alpha value is -0.930. The number of rotatable bonds is 7. The highest BCUT2D eigenvalue weighted by molar-refractivity contribution is 5.22. The lowest BCUT2D eigenvalue weighted by atomic mass is 9.98. The number of nitrogens with one attached hydrogen (secondary N) is 1. The quantitative estimate of drug-likeness (QED) is 0.792. The first-order chi connectivity index (χ1) is 9.22. The van der Waals surface area contributed by atoms with Crippen LogP contribution in [0.15, 0.2) is 24.3 Å². The van der Waals surface area contributed by atoms with Gasteiger partial charge in [-0.25, -0.2) is 4.39 Å². The van der Waals surface area contributed by atoms with E-state index in [1.54, 1.807) is 12.1 Å². The molecule has 2 saturated carbocycles. The van der Waals surface area contributed by atoms with Crippen LogP contribution in [-0.2, 0) is 0 Å². The second-order valence-electron chi connectivity index (χ2n) is 6.22. The third-order valence-electron chi connectivity index (χ3n) is 4.62. The van der Waals surface area contributed by atoms with Crippen LogP contribution in [0.4, 0.5) is 4.39 Å². The van der Waals surface area contributed by atoms with Crippen molar-refractivity contribution in [3.63, 3.8) is 0 Å². The molecule has 2 aliphatic carbocycles. The van der Waals surface area contributed by atoms with Crippen LogP contribution >= 0.6 is 0 Å². The SMILES string of the molecule is OCCC1(CNC(c2ccc(F)cc2)C2CC2)CC1. The van der Waals surface area contributed by atoms with Crippen LogP contribution in [0.2, 0.25) is 0 Å². The molecule has 1 aromatic rings. The van der Waals surface area contributed by atoms with Gasteiger partial charge < -0.3 is 10.4 Å². The number of aliphatic hydroxyl groups is 1. The normalized spacial score (nSPS) is 22.2. The number of hydrogen-bond donors (Lipinski definition) is 2. The Bertz CT molecular complexity index is 423. The van der Waals surface area contributed by atoms with Crippen molar-refractivity contribution in [3.05, 3.63) is 35.6 Å². The highest BCUT2D eigenvalue weighted by atomic mass is 19.1. The summed E-state index contributed by atoms with van der Waals surface area (Å²) < 4.78 is 13.0. The molecule has 19 heavy (non-hydrogen) atoms. The number of hydrogen-bond acceptors (Lipinski definition) is 2. The molecular formula is C16H22FNO. The van der Waals surface area contributed by atoms with Gasteiger partial charge >= 0.3 is 0 Å². The molecule has 0 aliphatic heterocycles. The lowest BCUT2D eigenvalue weighted by Gasteiger charge is -2.23. The third kappa shape index (κ3) is 3.15. The van der Waals surface area contributed by atoms with Gasteiger partial charge in [-0.3, -0.25) is 0 Å². The maximum atomic E-state index is 13.0. The molecule has 0 heterocycles. The second-order valence-corrected chi connectivity index (χ2v) is 6.22. The maximum Gasteiger partial charge on any atom is 0.123 e. The predicted molar refractivity (Wildman–Crippen MR) is 73.2 cm³/mol. The van der Waals surface area contributed by atoms with Gasteiger partial charge in [0.15, 0.2) is 0 Å². The standard InChI is InChI=1S/C16H22FNO/c17-14-5-3-13(4-6-14)15(12-1-2-12)18-11-16(7-8-16)9-10-19/h3-6,12,15,18-19H,1-2,7-11H2. The Kier molecular flexibility index (Phi) is 3.59. The lowest BCUT2D eigenvalue weighted by molar-refractivity contribution is 0.240. The van der Waals surface area contributed by atoms with E-state index < -0.39 is 0 Å². The van der Waals surface area contributed by atoms with Crippen molar-refractivity contribution in [2.24, 2.45) is 11.3 Å². The molecule has 1 aromatic carbocycles. The van der Waals surface area contributed by atoms with Gasteiger partial charge in [0.25, 0.3) is 0 Å². The molecular weight excluding hydrogens is 241 g/mol. The average Bonchev–Trinajstić information content (AvgIpc) is 3.28. The fourth-order valence-electron chi connectivity index (χ4n) is 2.91. The van der Waals surface area contributed by atoms with Crippen molar-refractivity contribution >= 4 is 0 Å². The minimum Gasteiger partial charge on any atom is -0.396 e. The minimum absolute atomic E-state index is 0.169. The van der Waals surface area contributed by atoms with Gasteiger partial charge in [0.2, 0.25) is 0 Å². The molecule has 3 heteroatoms. The molecule has 0 spiro atoms. The maximum absolute atomic E-state index is 13.0. The summed E-state index contributed by atoms with van der Waals surface area (Å²) in [6, 6.07) is 7.25. The first-order valence-electron chi connectivity index (χ1n) is 7.32. The van der Waals surface area contributed by atoms with Crippen molar-refractivity contribution in [3.8, 4) is 0 Å². The molecule has 104 valence electrons. The summed E-state index contributed by atoms with van der Waals surface area (Å²) in [5.41, 5.74) is 1.53. The van der Waals surface area contributed by atoms with E-state index in [0.717, 1.165) is 13.0 Å². The smallest absolute Gasteiger partial charge is 0.123 e. The molecule has 0 radical (unpaired) electrons. The summed E-state index contributed by atoms with van der Waals surface area (Å²) in [6.45, 7) is 1.26. The second kappa shape index (κ2) is 5.22. The van der Waals surface area contributed by atoms with Crippen LogP contribution < -0.4 is 5.32 Å². The number of benzene rings is 1. The average molecular weight is 263 g/mol. The van der Waals surface area contributed by atoms with E-state index in [0.29, 0.717) is 17.4 Å². The highest BCUT2D eigenvalue weighted by Crippen LogP contribution is 2.49. The van der Waals surface area contributed by atoms with Crippen molar-refractivity contribution in [2.75, 3.05) is 13.2 Å². The van der Waals surface area contributed by atoms with E-state index in [9.17, 15) is 4.39 Å². The van der Waals surface area contributed by atoms with Gasteiger partial charge in [0.1, 0.15) is 5.82 Å². The first kappa shape index (κ1) is 13.1. The van der Waals surface area contributed by atoms with Gasteiger partial charge in [-0.15, -0.1) is 0 Å². The summed E-state index contributed by atoms with van der Waals surface area (Å²) in [5.74, 6) is 0.535. The van der Waals surface area contributed by atoms with Gasteiger partial charge in [0.05, 0.1) is 0 Å². The van der Waals surface area contributed by atoms with Gasteiger partial charge in [-0.1, -0.05) is 12.1 Å². The van der Waals surface area contributed by atoms with Crippen molar-refractivity contribution in [1.29, 1.82) is 0 Å². The molecule has 2 fully saturated rings. The number of aliphatic hydroxyl groups excluding tert-OH is 1. The van der Waals surface area contributed by atoms with Gasteiger partial charge in [0, 0.05) is 19.2 Å². The Morgan fingerprint density at radius 2 is 1.95 bits per heavy atom. The van der Waals surface area contributed by atoms with Crippen LogP contribution in [-0.4, -0.2) is 18.3 Å². The zero-order valence-corrected chi connectivity index (χ0v) is 11.2. The van der Waals surface area contributed by atoms with Crippen molar-refractivity contribution in [1.82, 2.24) is 5.32 Å². The molecule has 0 amide bonds. The van der Waals surface area contributed by atoms with E-state index in [2.05, 4.69) is 5.32 Å². The monoisotopic (exact) mass is 263 g/mol. The van der Waals surface area contributed by atoms with E-state index in [1.807, 2.05) is 12.1 Å². The van der Waals surface area contributed by atoms with E-state index in [1.165, 1.54) is 31.2 Å². The molecule has 0 saturated heterocycles. The fraction of sp³-hybridized carbons (Fsp3) is 0.625. The Morgan fingerprint density at radius 1 is 1.26 bits per heavy atom. The van der Waals surface area contributed by atoms with E-state index in [4.69, 9.17) is 5.11 Å². The Morgan fingerprint density at radius 3 is 2.47 bits per heavy atom. The fourth-order valence-corrected chi connectivity index (χ4v) is 2.91. The van der Waals surface area contributed by atoms with Crippen molar-refractivity contribution in [2.45, 2.75) is 38.1 Å². The molecule has 2 N–H and O–H groups in total. The Balaban J connectivity index is 1.63. The van der Waals surface area contributed by atoms with Crippen LogP contribution in [0.25, 0.3) is 0 Å². The zero-order valence-electron chi connectivity index (χ0n) is 11.2. The van der Waals surface area contributed by atoms with Gasteiger partial charge in [-0.2, -0.15) is 0 Å². The lowest BCUT2D eigenvalue weighted by Crippen LogP contribution is -2.30. The summed E-state index contributed by atoms with van der Waals surface area (Å²) in [4.78, 5) is 0. The summed E-state index contributed by atoms with van der Waals surface area (Å²) in [5, 5.41) is 12.8. The topological polar surface area (TPSA) is 32.3 Å². The Labute approximate surface area is 114 Å². The minimum atomic E-state index is -0.169. The molecule has 3 rings (SSSR count). The van der Waals surface area contributed by atoms with Crippen LogP contribution in [0.1, 0.15) is 43.7 Å². The number of halogens is 1. The zero-order chi connectivity index (χ0) is 13.3. The molecule has 0 aromatic heterocycles. The summed E-state index contributed by atoms with van der Waals surface area (Å²) >= 11 is 0.